The second-order valence-corrected chi connectivity index (χ2v) is 19.6. The van der Waals surface area contributed by atoms with Gasteiger partial charge in [-0.15, -0.1) is 0 Å². The first kappa shape index (κ1) is 42.2. The summed E-state index contributed by atoms with van der Waals surface area (Å²) in [6, 6.07) is 11.5. The Balaban J connectivity index is 1.09. The van der Waals surface area contributed by atoms with Crippen LogP contribution in [0.2, 0.25) is 0 Å². The zero-order chi connectivity index (χ0) is 42.5. The second kappa shape index (κ2) is 16.8. The Morgan fingerprint density at radius 2 is 1.67 bits per heavy atom. The molecule has 4 bridgehead atoms. The predicted octanol–water partition coefficient (Wildman–Crippen LogP) is 4.82. The maximum atomic E-state index is 16.6. The molecule has 4 aliphatic rings. The van der Waals surface area contributed by atoms with Crippen LogP contribution in [0.15, 0.2) is 67.4 Å². The van der Waals surface area contributed by atoms with Gasteiger partial charge in [0.05, 0.1) is 31.5 Å². The van der Waals surface area contributed by atoms with Crippen LogP contribution in [0, 0.1) is 13.8 Å². The lowest BCUT2D eigenvalue weighted by molar-refractivity contribution is -0.148. The number of halogens is 2. The molecule has 0 saturated carbocycles. The molecule has 19 nitrogen and oxygen atoms in total. The molecule has 3 N–H and O–H groups in total. The van der Waals surface area contributed by atoms with E-state index in [9.17, 15) is 28.4 Å². The first-order valence-corrected chi connectivity index (χ1v) is 22.9. The maximum Gasteiger partial charge on any atom is 0.472 e. The van der Waals surface area contributed by atoms with Crippen molar-refractivity contribution >= 4 is 60.6 Å². The number of aryl methyl sites for hydroxylation is 2. The fourth-order valence-corrected chi connectivity index (χ4v) is 11.2. The highest BCUT2D eigenvalue weighted by molar-refractivity contribution is 8.54. The number of rotatable bonds is 7. The van der Waals surface area contributed by atoms with Crippen molar-refractivity contribution in [3.05, 3.63) is 89.6 Å². The number of fused-ring (bicyclic) bond motifs is 5. The van der Waals surface area contributed by atoms with E-state index in [1.807, 2.05) is 13.0 Å². The number of anilines is 1. The Morgan fingerprint density at radius 3 is 2.38 bits per heavy atom. The van der Waals surface area contributed by atoms with Crippen LogP contribution < -0.4 is 10.5 Å². The number of nitrogen functional groups attached to an aromatic ring is 1. The summed E-state index contributed by atoms with van der Waals surface area (Å²) in [5.74, 6) is -1.83. The summed E-state index contributed by atoms with van der Waals surface area (Å²) >= 11 is 0.607. The molecule has 1 amide bonds. The van der Waals surface area contributed by atoms with Crippen molar-refractivity contribution in [2.24, 2.45) is 0 Å². The number of carbonyl (C=O) groups excluding carboxylic acids is 3. The normalized spacial score (nSPS) is 32.3. The number of hydrogen-bond acceptors (Lipinski definition) is 17. The molecule has 6 heterocycles. The Morgan fingerprint density at radius 1 is 0.967 bits per heavy atom. The number of hydrogen-bond donors (Lipinski definition) is 2. The van der Waals surface area contributed by atoms with E-state index in [1.54, 1.807) is 31.2 Å². The van der Waals surface area contributed by atoms with E-state index in [1.165, 1.54) is 23.0 Å². The SMILES string of the molecule is Cc1ccc(C(=O)Oc2ccc(CS[P@@]3(=O)OC[C@H]4O[C@@H](N5C=CC(=O)CC5=O)[C@H](OP(=O)(O)OC[C@H]5O[C@@H](n6cnc7c(N)ncnc76)[C@H](O3)[C@@H]5F)[C@@H]4F)cc2)c(C)c1. The van der Waals surface area contributed by atoms with E-state index in [0.29, 0.717) is 22.5 Å². The number of imidazole rings is 1. The maximum absolute atomic E-state index is 16.6. The third kappa shape index (κ3) is 8.67. The standard InChI is InChI=1S/C36H36F2N6O13P2S/c1-18-3-8-23(19(2)11-18)36(47)53-22-6-4-20(5-7-22)15-60-59(50)52-14-25-27(37)30(34(54-25)43-10-9-21(45)12-26(43)46)56-58(48,49)51-13-24-28(38)31(57-59)35(55-24)44-17-42-29-32(39)40-16-41-33(29)44/h3-11,16-17,24-25,27-28,30-31,34-35H,12-15H2,1-2H3,(H,48,49)(H2,39,40,41)/t24-,25-,27-,28-,30-,31-,34-,35-,59+/m1/s1. The zero-order valence-electron chi connectivity index (χ0n) is 31.5. The predicted molar refractivity (Wildman–Crippen MR) is 205 cm³/mol. The topological polar surface area (TPSA) is 243 Å². The highest BCUT2D eigenvalue weighted by atomic mass is 32.7. The molecule has 2 aromatic carbocycles. The molecule has 4 aromatic rings. The molecule has 0 spiro atoms. The molecule has 0 radical (unpaired) electrons. The minimum absolute atomic E-state index is 0.0132. The Kier molecular flexibility index (Phi) is 11.8. The zero-order valence-corrected chi connectivity index (χ0v) is 34.1. The van der Waals surface area contributed by atoms with Crippen molar-refractivity contribution in [3.8, 4) is 5.75 Å². The molecule has 60 heavy (non-hydrogen) atoms. The van der Waals surface area contributed by atoms with Gasteiger partial charge >= 0.3 is 20.6 Å². The van der Waals surface area contributed by atoms with Crippen molar-refractivity contribution in [2.45, 2.75) is 75.2 Å². The first-order chi connectivity index (χ1) is 28.6. The Hall–Kier alpha value is -4.47. The summed E-state index contributed by atoms with van der Waals surface area (Å²) in [6.07, 6.45) is -11.2. The van der Waals surface area contributed by atoms with Gasteiger partial charge in [-0.3, -0.25) is 37.2 Å². The van der Waals surface area contributed by atoms with Crippen molar-refractivity contribution in [1.82, 2.24) is 24.4 Å². The summed E-state index contributed by atoms with van der Waals surface area (Å²) in [7, 11) is -5.27. The number of allylic oxidation sites excluding steroid dienone is 1. The summed E-state index contributed by atoms with van der Waals surface area (Å²) in [5, 5.41) is 0. The van der Waals surface area contributed by atoms with Gasteiger partial charge in [-0.05, 0) is 60.6 Å². The number of alkyl halides is 2. The smallest absolute Gasteiger partial charge is 0.423 e. The van der Waals surface area contributed by atoms with Gasteiger partial charge in [0.25, 0.3) is 0 Å². The van der Waals surface area contributed by atoms with Crippen LogP contribution in [-0.2, 0) is 52.0 Å². The molecule has 1 unspecified atom stereocenters. The number of aromatic nitrogens is 4. The summed E-state index contributed by atoms with van der Waals surface area (Å²) in [6.45, 7) is -2.78. The molecule has 24 heteroatoms. The van der Waals surface area contributed by atoms with E-state index >= 15 is 8.78 Å². The van der Waals surface area contributed by atoms with Gasteiger partial charge < -0.3 is 24.8 Å². The number of amides is 1. The Bertz CT molecular complexity index is 2460. The lowest BCUT2D eigenvalue weighted by atomic mass is 10.1. The molecule has 2 aromatic heterocycles. The first-order valence-electron chi connectivity index (χ1n) is 18.2. The van der Waals surface area contributed by atoms with Crippen molar-refractivity contribution in [2.75, 3.05) is 18.9 Å². The average Bonchev–Trinajstić information content (AvgIpc) is 3.86. The lowest BCUT2D eigenvalue weighted by Crippen LogP contribution is -2.46. The highest BCUT2D eigenvalue weighted by Crippen LogP contribution is 2.65. The number of nitrogens with two attached hydrogens (primary N) is 1. The van der Waals surface area contributed by atoms with Gasteiger partial charge in [0, 0.05) is 12.0 Å². The molecule has 3 saturated heterocycles. The molecule has 4 aliphatic heterocycles. The minimum Gasteiger partial charge on any atom is -0.423 e. The number of esters is 1. The van der Waals surface area contributed by atoms with Crippen LogP contribution >= 0.6 is 26.0 Å². The van der Waals surface area contributed by atoms with E-state index in [-0.39, 0.29) is 28.5 Å². The van der Waals surface area contributed by atoms with Crippen LogP contribution in [0.4, 0.5) is 14.6 Å². The molecular formula is C36H36F2N6O13P2S. The van der Waals surface area contributed by atoms with Gasteiger partial charge in [-0.1, -0.05) is 29.8 Å². The molecule has 318 valence electrons. The molecule has 3 fully saturated rings. The minimum atomic E-state index is -5.27. The number of ketones is 1. The van der Waals surface area contributed by atoms with E-state index in [2.05, 4.69) is 15.0 Å². The largest absolute Gasteiger partial charge is 0.472 e. The number of ether oxygens (including phenoxy) is 3. The van der Waals surface area contributed by atoms with E-state index in [0.717, 1.165) is 34.6 Å². The quantitative estimate of drug-likeness (QED) is 0.109. The van der Waals surface area contributed by atoms with Crippen LogP contribution in [0.25, 0.3) is 11.2 Å². The molecule has 0 aliphatic carbocycles. The third-order valence-corrected chi connectivity index (χ3v) is 14.6. The van der Waals surface area contributed by atoms with Gasteiger partial charge in [0.1, 0.15) is 42.0 Å². The van der Waals surface area contributed by atoms with Crippen LogP contribution in [0.1, 0.15) is 39.7 Å². The fraction of sp³-hybridized carbons (Fsp3) is 0.389. The summed E-state index contributed by atoms with van der Waals surface area (Å²) < 4.78 is 102. The van der Waals surface area contributed by atoms with Gasteiger partial charge in [-0.25, -0.2) is 37.7 Å². The molecular weight excluding hydrogens is 856 g/mol. The monoisotopic (exact) mass is 892 g/mol. The summed E-state index contributed by atoms with van der Waals surface area (Å²) in [5.41, 5.74) is 8.81. The Labute approximate surface area is 343 Å². The van der Waals surface area contributed by atoms with Crippen molar-refractivity contribution in [1.29, 1.82) is 0 Å². The molecule has 8 rings (SSSR count). The van der Waals surface area contributed by atoms with Crippen molar-refractivity contribution in [3.63, 3.8) is 0 Å². The van der Waals surface area contributed by atoms with Crippen molar-refractivity contribution < 1.29 is 69.5 Å². The van der Waals surface area contributed by atoms with Gasteiger partial charge in [-0.2, -0.15) is 0 Å². The van der Waals surface area contributed by atoms with Crippen LogP contribution in [-0.4, -0.2) is 103 Å². The average molecular weight is 893 g/mol. The number of benzene rings is 2. The number of phosphoric acid groups is 1. The second-order valence-electron chi connectivity index (χ2n) is 14.1. The third-order valence-electron chi connectivity index (χ3n) is 9.93. The highest BCUT2D eigenvalue weighted by Gasteiger charge is 2.56. The van der Waals surface area contributed by atoms with E-state index in [4.69, 9.17) is 38.0 Å². The number of carbonyl (C=O) groups is 3. The lowest BCUT2D eigenvalue weighted by Gasteiger charge is -2.31. The number of phosphoric ester groups is 1. The fourth-order valence-electron chi connectivity index (χ4n) is 6.94. The van der Waals surface area contributed by atoms with Gasteiger partial charge in [0.2, 0.25) is 5.91 Å². The van der Waals surface area contributed by atoms with E-state index < -0.39 is 101 Å². The van der Waals surface area contributed by atoms with Crippen LogP contribution in [0.3, 0.4) is 0 Å². The molecule has 10 atom stereocenters. The van der Waals surface area contributed by atoms with Gasteiger partial charge in [0.15, 0.2) is 42.0 Å². The number of nitrogens with zero attached hydrogens (tertiary/aromatic N) is 5. The summed E-state index contributed by atoms with van der Waals surface area (Å²) in [4.78, 5) is 61.4. The van der Waals surface area contributed by atoms with Crippen LogP contribution in [0.5, 0.6) is 5.75 Å².